The first-order chi connectivity index (χ1) is 8.10. The highest BCUT2D eigenvalue weighted by Crippen LogP contribution is 2.33. The van der Waals surface area contributed by atoms with Gasteiger partial charge in [-0.15, -0.1) is 0 Å². The molecule has 0 aliphatic rings. The maximum Gasteiger partial charge on any atom is 0.242 e. The summed E-state index contributed by atoms with van der Waals surface area (Å²) in [4.78, 5) is -0.174. The number of halogens is 2. The zero-order chi connectivity index (χ0) is 14.1. The van der Waals surface area contributed by atoms with E-state index in [2.05, 4.69) is 4.72 Å². The number of nitrogens with one attached hydrogen (secondary N) is 1. The van der Waals surface area contributed by atoms with Crippen molar-refractivity contribution in [2.45, 2.75) is 24.3 Å². The molecule has 0 unspecified atom stereocenters. The maximum atomic E-state index is 12.1. The number of hydrogen-bond acceptors (Lipinski definition) is 4. The van der Waals surface area contributed by atoms with E-state index >= 15 is 0 Å². The third-order valence-electron chi connectivity index (χ3n) is 2.19. The number of anilines is 1. The maximum absolute atomic E-state index is 12.1. The fraction of sp³-hybridized carbons (Fsp3) is 0.400. The van der Waals surface area contributed by atoms with Crippen molar-refractivity contribution >= 4 is 38.9 Å². The van der Waals surface area contributed by atoms with Crippen LogP contribution in [0, 0.1) is 0 Å². The smallest absolute Gasteiger partial charge is 0.242 e. The summed E-state index contributed by atoms with van der Waals surface area (Å²) in [5, 5.41) is 9.11. The Labute approximate surface area is 116 Å². The Morgan fingerprint density at radius 1 is 1.39 bits per heavy atom. The van der Waals surface area contributed by atoms with Crippen molar-refractivity contribution in [3.8, 4) is 0 Å². The predicted octanol–water partition coefficient (Wildman–Crippen LogP) is 1.62. The van der Waals surface area contributed by atoms with Crippen LogP contribution in [-0.2, 0) is 10.0 Å². The molecular weight excluding hydrogens is 299 g/mol. The molecule has 0 amide bonds. The van der Waals surface area contributed by atoms with Gasteiger partial charge in [-0.25, -0.2) is 13.1 Å². The normalized spacial score (nSPS) is 12.7. The largest absolute Gasteiger partial charge is 0.396 e. The van der Waals surface area contributed by atoms with Gasteiger partial charge < -0.3 is 10.8 Å². The number of benzene rings is 1. The average molecular weight is 313 g/mol. The lowest BCUT2D eigenvalue weighted by Crippen LogP contribution is -2.46. The Morgan fingerprint density at radius 2 is 1.94 bits per heavy atom. The lowest BCUT2D eigenvalue weighted by molar-refractivity contribution is 0.208. The molecule has 0 atom stereocenters. The molecule has 1 aromatic rings. The molecule has 0 radical (unpaired) electrons. The second-order valence-corrected chi connectivity index (χ2v) is 6.86. The first-order valence-electron chi connectivity index (χ1n) is 4.99. The third-order valence-corrected chi connectivity index (χ3v) is 4.78. The summed E-state index contributed by atoms with van der Waals surface area (Å²) in [5.41, 5.74) is 4.57. The molecule has 5 nitrogen and oxygen atoms in total. The molecular formula is C10H14Cl2N2O3S. The lowest BCUT2D eigenvalue weighted by Gasteiger charge is -2.23. The summed E-state index contributed by atoms with van der Waals surface area (Å²) in [7, 11) is -3.88. The zero-order valence-corrected chi connectivity index (χ0v) is 12.2. The molecule has 0 fully saturated rings. The van der Waals surface area contributed by atoms with Crippen molar-refractivity contribution in [1.29, 1.82) is 0 Å². The highest BCUT2D eigenvalue weighted by molar-refractivity contribution is 7.89. The molecule has 1 aromatic carbocycles. The van der Waals surface area contributed by atoms with Crippen molar-refractivity contribution in [3.05, 3.63) is 22.2 Å². The molecule has 18 heavy (non-hydrogen) atoms. The molecule has 8 heteroatoms. The van der Waals surface area contributed by atoms with Crippen LogP contribution in [0.3, 0.4) is 0 Å². The van der Waals surface area contributed by atoms with Gasteiger partial charge in [0.2, 0.25) is 10.0 Å². The van der Waals surface area contributed by atoms with Crippen LogP contribution < -0.4 is 10.5 Å². The minimum atomic E-state index is -3.88. The Bertz CT molecular complexity index is 558. The van der Waals surface area contributed by atoms with E-state index in [9.17, 15) is 8.42 Å². The van der Waals surface area contributed by atoms with Crippen LogP contribution in [0.15, 0.2) is 17.0 Å². The van der Waals surface area contributed by atoms with Gasteiger partial charge in [0.15, 0.2) is 0 Å². The molecule has 0 heterocycles. The van der Waals surface area contributed by atoms with E-state index in [1.54, 1.807) is 0 Å². The van der Waals surface area contributed by atoms with Gasteiger partial charge in [0.25, 0.3) is 0 Å². The molecule has 0 spiro atoms. The van der Waals surface area contributed by atoms with Gasteiger partial charge >= 0.3 is 0 Å². The van der Waals surface area contributed by atoms with Gasteiger partial charge in [0.05, 0.1) is 27.9 Å². The summed E-state index contributed by atoms with van der Waals surface area (Å²) < 4.78 is 26.5. The van der Waals surface area contributed by atoms with E-state index in [1.165, 1.54) is 26.0 Å². The van der Waals surface area contributed by atoms with Crippen molar-refractivity contribution in [3.63, 3.8) is 0 Å². The third kappa shape index (κ3) is 3.27. The molecule has 0 bridgehead atoms. The fourth-order valence-electron chi connectivity index (χ4n) is 1.21. The van der Waals surface area contributed by atoms with Gasteiger partial charge in [0.1, 0.15) is 4.90 Å². The minimum Gasteiger partial charge on any atom is -0.396 e. The lowest BCUT2D eigenvalue weighted by atomic mass is 10.1. The number of nitrogens with two attached hydrogens (primary N) is 1. The van der Waals surface area contributed by atoms with Gasteiger partial charge in [-0.3, -0.25) is 0 Å². The molecule has 102 valence electrons. The molecule has 0 aliphatic carbocycles. The molecule has 0 aromatic heterocycles. The van der Waals surface area contributed by atoms with Crippen LogP contribution in [0.4, 0.5) is 5.69 Å². The minimum absolute atomic E-state index is 0.00279. The number of aliphatic hydroxyl groups is 1. The highest BCUT2D eigenvalue weighted by atomic mass is 35.5. The fourth-order valence-corrected chi connectivity index (χ4v) is 3.38. The summed E-state index contributed by atoms with van der Waals surface area (Å²) in [6.45, 7) is 2.72. The Hall–Kier alpha value is -0.530. The van der Waals surface area contributed by atoms with Gasteiger partial charge in [-0.2, -0.15) is 0 Å². The Balaban J connectivity index is 3.27. The van der Waals surface area contributed by atoms with Crippen molar-refractivity contribution < 1.29 is 13.5 Å². The second-order valence-electron chi connectivity index (χ2n) is 4.42. The average Bonchev–Trinajstić information content (AvgIpc) is 2.24. The first kappa shape index (κ1) is 15.5. The van der Waals surface area contributed by atoms with E-state index in [0.717, 1.165) is 0 Å². The first-order valence-corrected chi connectivity index (χ1v) is 7.23. The van der Waals surface area contributed by atoms with Crippen LogP contribution in [0.25, 0.3) is 0 Å². The van der Waals surface area contributed by atoms with Crippen molar-refractivity contribution in [1.82, 2.24) is 4.72 Å². The Kier molecular flexibility index (Phi) is 4.51. The van der Waals surface area contributed by atoms with Crippen molar-refractivity contribution in [2.24, 2.45) is 0 Å². The molecule has 4 N–H and O–H groups in total. The molecule has 0 saturated heterocycles. The SMILES string of the molecule is CC(C)(CO)NS(=O)(=O)c1ccc(Cl)c(N)c1Cl. The number of sulfonamides is 1. The van der Waals surface area contributed by atoms with E-state index in [1.807, 2.05) is 0 Å². The quantitative estimate of drug-likeness (QED) is 0.737. The van der Waals surface area contributed by atoms with E-state index in [0.29, 0.717) is 0 Å². The highest BCUT2D eigenvalue weighted by Gasteiger charge is 2.28. The van der Waals surface area contributed by atoms with E-state index in [4.69, 9.17) is 34.0 Å². The monoisotopic (exact) mass is 312 g/mol. The van der Waals surface area contributed by atoms with E-state index in [-0.39, 0.29) is 27.2 Å². The number of nitrogen functional groups attached to an aromatic ring is 1. The zero-order valence-electron chi connectivity index (χ0n) is 9.87. The summed E-state index contributed by atoms with van der Waals surface area (Å²) in [6, 6.07) is 2.61. The van der Waals surface area contributed by atoms with Crippen molar-refractivity contribution in [2.75, 3.05) is 12.3 Å². The summed E-state index contributed by atoms with van der Waals surface area (Å²) in [6.07, 6.45) is 0. The molecule has 0 saturated carbocycles. The van der Waals surface area contributed by atoms with Crippen LogP contribution in [-0.4, -0.2) is 25.7 Å². The summed E-state index contributed by atoms with van der Waals surface area (Å²) >= 11 is 11.6. The number of rotatable bonds is 4. The molecule has 1 rings (SSSR count). The van der Waals surface area contributed by atoms with E-state index < -0.39 is 15.6 Å². The van der Waals surface area contributed by atoms with Gasteiger partial charge in [-0.05, 0) is 26.0 Å². The van der Waals surface area contributed by atoms with Crippen LogP contribution >= 0.6 is 23.2 Å². The topological polar surface area (TPSA) is 92.4 Å². The second kappa shape index (κ2) is 5.22. The molecule has 0 aliphatic heterocycles. The Morgan fingerprint density at radius 3 is 2.44 bits per heavy atom. The van der Waals surface area contributed by atoms with Crippen LogP contribution in [0.5, 0.6) is 0 Å². The van der Waals surface area contributed by atoms with Crippen LogP contribution in [0.1, 0.15) is 13.8 Å². The van der Waals surface area contributed by atoms with Crippen LogP contribution in [0.2, 0.25) is 10.0 Å². The van der Waals surface area contributed by atoms with Gasteiger partial charge in [0, 0.05) is 0 Å². The van der Waals surface area contributed by atoms with Gasteiger partial charge in [-0.1, -0.05) is 23.2 Å². The number of hydrogen-bond donors (Lipinski definition) is 3. The standard InChI is InChI=1S/C10H14Cl2N2O3S/c1-10(2,5-15)14-18(16,17)7-4-3-6(11)9(13)8(7)12/h3-4,14-15H,5,13H2,1-2H3. The number of aliphatic hydroxyl groups excluding tert-OH is 1. The summed E-state index contributed by atoms with van der Waals surface area (Å²) in [5.74, 6) is 0. The predicted molar refractivity (Wildman–Crippen MR) is 72.4 cm³/mol.